The van der Waals surface area contributed by atoms with Crippen LogP contribution in [0.3, 0.4) is 0 Å². The quantitative estimate of drug-likeness (QED) is 0.684. The summed E-state index contributed by atoms with van der Waals surface area (Å²) in [6, 6.07) is 8.15. The third-order valence-electron chi connectivity index (χ3n) is 5.30. The number of thioether (sulfide) groups is 1. The Morgan fingerprint density at radius 1 is 1.23 bits per heavy atom. The Hall–Kier alpha value is -1.14. The highest BCUT2D eigenvalue weighted by molar-refractivity contribution is 8.00. The number of ether oxygens (including phenoxy) is 1. The van der Waals surface area contributed by atoms with Crippen molar-refractivity contribution in [3.8, 4) is 0 Å². The zero-order chi connectivity index (χ0) is 15.5. The number of alkyl halides is 2. The summed E-state index contributed by atoms with van der Waals surface area (Å²) in [5.41, 5.74) is 0. The van der Waals surface area contributed by atoms with Crippen molar-refractivity contribution in [2.45, 2.75) is 35.2 Å². The number of aliphatic hydroxyl groups is 1. The number of halogens is 2. The molecule has 0 radical (unpaired) electrons. The van der Waals surface area contributed by atoms with E-state index in [1.165, 1.54) is 0 Å². The maximum absolute atomic E-state index is 14.8. The molecule has 0 spiro atoms. The fraction of sp³-hybridized carbons (Fsp3) is 0.562. The minimum absolute atomic E-state index is 0.0475. The molecule has 1 aliphatic heterocycles. The molecule has 118 valence electrons. The van der Waals surface area contributed by atoms with Crippen molar-refractivity contribution in [1.29, 1.82) is 0 Å². The van der Waals surface area contributed by atoms with E-state index in [9.17, 15) is 18.7 Å². The van der Waals surface area contributed by atoms with Crippen LogP contribution in [0.15, 0.2) is 35.2 Å². The van der Waals surface area contributed by atoms with Gasteiger partial charge in [-0.1, -0.05) is 18.2 Å². The van der Waals surface area contributed by atoms with E-state index in [2.05, 4.69) is 0 Å². The van der Waals surface area contributed by atoms with Gasteiger partial charge >= 0.3 is 11.2 Å². The van der Waals surface area contributed by atoms with Crippen LogP contribution in [0, 0.1) is 23.7 Å². The molecule has 0 amide bonds. The largest absolute Gasteiger partial charge is 0.425 e. The predicted octanol–water partition coefficient (Wildman–Crippen LogP) is 3.28. The van der Waals surface area contributed by atoms with E-state index in [1.807, 2.05) is 0 Å². The van der Waals surface area contributed by atoms with Crippen molar-refractivity contribution >= 4 is 17.7 Å². The molecular formula is C16H16F2O3S. The van der Waals surface area contributed by atoms with E-state index in [-0.39, 0.29) is 23.6 Å². The summed E-state index contributed by atoms with van der Waals surface area (Å²) in [6.45, 7) is 0. The van der Waals surface area contributed by atoms with E-state index in [1.54, 1.807) is 30.3 Å². The SMILES string of the molecule is O=C1O[C@@](O)(C(F)(F)Sc2ccccc2)[C@@H]2[C@@H]3CC[C@@H](C3)[C@H]12. The van der Waals surface area contributed by atoms with E-state index in [4.69, 9.17) is 4.74 Å². The molecule has 5 atom stereocenters. The van der Waals surface area contributed by atoms with Gasteiger partial charge in [0, 0.05) is 10.8 Å². The van der Waals surface area contributed by atoms with Gasteiger partial charge in [-0.25, -0.2) is 0 Å². The number of fused-ring (bicyclic) bond motifs is 5. The van der Waals surface area contributed by atoms with Crippen molar-refractivity contribution in [2.75, 3.05) is 0 Å². The smallest absolute Gasteiger partial charge is 0.362 e. The van der Waals surface area contributed by atoms with E-state index < -0.39 is 28.8 Å². The molecule has 1 aromatic rings. The molecule has 0 aromatic heterocycles. The van der Waals surface area contributed by atoms with Crippen LogP contribution in [0.2, 0.25) is 0 Å². The zero-order valence-electron chi connectivity index (χ0n) is 11.7. The minimum Gasteiger partial charge on any atom is -0.425 e. The standard InChI is InChI=1S/C16H16F2O3S/c17-16(18,22-11-4-2-1-3-5-11)15(20)13-10-7-6-9(8-10)12(13)14(19)21-15/h1-5,9-10,12-13,20H,6-8H2/t9-,10+,12-,13+,15+/m0/s1. The number of hydrogen-bond donors (Lipinski definition) is 1. The average molecular weight is 326 g/mol. The second kappa shape index (κ2) is 4.68. The van der Waals surface area contributed by atoms with Crippen molar-refractivity contribution in [3.63, 3.8) is 0 Å². The Balaban J connectivity index is 1.67. The molecule has 22 heavy (non-hydrogen) atoms. The maximum Gasteiger partial charge on any atom is 0.362 e. The highest BCUT2D eigenvalue weighted by Crippen LogP contribution is 2.64. The van der Waals surface area contributed by atoms with Gasteiger partial charge in [-0.05, 0) is 55.0 Å². The second-order valence-electron chi connectivity index (χ2n) is 6.43. The number of carbonyl (C=O) groups is 1. The molecule has 1 saturated heterocycles. The molecule has 2 aliphatic carbocycles. The van der Waals surface area contributed by atoms with Crippen LogP contribution in [0.1, 0.15) is 19.3 Å². The van der Waals surface area contributed by atoms with Crippen molar-refractivity contribution < 1.29 is 23.4 Å². The van der Waals surface area contributed by atoms with Gasteiger partial charge < -0.3 is 9.84 Å². The van der Waals surface area contributed by atoms with E-state index in [0.717, 1.165) is 19.3 Å². The van der Waals surface area contributed by atoms with Crippen molar-refractivity contribution in [2.24, 2.45) is 23.7 Å². The Bertz CT molecular complexity index is 609. The van der Waals surface area contributed by atoms with Crippen LogP contribution in [0.5, 0.6) is 0 Å². The molecular weight excluding hydrogens is 310 g/mol. The number of benzene rings is 1. The predicted molar refractivity (Wildman–Crippen MR) is 76.1 cm³/mol. The molecule has 3 aliphatic rings. The number of rotatable bonds is 3. The molecule has 0 unspecified atom stereocenters. The van der Waals surface area contributed by atoms with Gasteiger partial charge in [-0.3, -0.25) is 4.79 Å². The Morgan fingerprint density at radius 3 is 2.64 bits per heavy atom. The van der Waals surface area contributed by atoms with Crippen LogP contribution in [0.4, 0.5) is 8.78 Å². The first kappa shape index (κ1) is 14.5. The van der Waals surface area contributed by atoms with Gasteiger partial charge in [-0.15, -0.1) is 0 Å². The van der Waals surface area contributed by atoms with E-state index >= 15 is 0 Å². The van der Waals surface area contributed by atoms with Gasteiger partial charge in [0.15, 0.2) is 0 Å². The summed E-state index contributed by atoms with van der Waals surface area (Å²) >= 11 is 0.260. The maximum atomic E-state index is 14.8. The highest BCUT2D eigenvalue weighted by Gasteiger charge is 2.74. The first-order valence-electron chi connectivity index (χ1n) is 7.49. The normalized spacial score (nSPS) is 39.9. The zero-order valence-corrected chi connectivity index (χ0v) is 12.6. The average Bonchev–Trinajstić information content (AvgIpc) is 3.14. The van der Waals surface area contributed by atoms with Crippen LogP contribution in [-0.4, -0.2) is 22.1 Å². The van der Waals surface area contributed by atoms with Crippen LogP contribution < -0.4 is 0 Å². The van der Waals surface area contributed by atoms with Crippen LogP contribution >= 0.6 is 11.8 Å². The summed E-state index contributed by atoms with van der Waals surface area (Å²) in [4.78, 5) is 12.4. The lowest BCUT2D eigenvalue weighted by atomic mass is 9.76. The molecule has 2 bridgehead atoms. The molecule has 1 N–H and O–H groups in total. The molecule has 4 rings (SSSR count). The fourth-order valence-corrected chi connectivity index (χ4v) is 5.36. The molecule has 1 aromatic carbocycles. The van der Waals surface area contributed by atoms with E-state index in [0.29, 0.717) is 4.90 Å². The molecule has 3 nitrogen and oxygen atoms in total. The first-order valence-corrected chi connectivity index (χ1v) is 8.31. The third kappa shape index (κ3) is 1.86. The lowest BCUT2D eigenvalue weighted by Crippen LogP contribution is -2.52. The van der Waals surface area contributed by atoms with Crippen LogP contribution in [0.25, 0.3) is 0 Å². The van der Waals surface area contributed by atoms with Gasteiger partial charge in [0.2, 0.25) is 0 Å². The monoisotopic (exact) mass is 326 g/mol. The summed E-state index contributed by atoms with van der Waals surface area (Å²) in [5.74, 6) is -4.67. The summed E-state index contributed by atoms with van der Waals surface area (Å²) in [6.07, 6.45) is 2.41. The Kier molecular flexibility index (Phi) is 3.07. The van der Waals surface area contributed by atoms with Crippen molar-refractivity contribution in [1.82, 2.24) is 0 Å². The summed E-state index contributed by atoms with van der Waals surface area (Å²) in [5, 5.41) is 7.05. The van der Waals surface area contributed by atoms with Gasteiger partial charge in [-0.2, -0.15) is 8.78 Å². The molecule has 2 saturated carbocycles. The third-order valence-corrected chi connectivity index (χ3v) is 6.36. The molecule has 1 heterocycles. The van der Waals surface area contributed by atoms with Gasteiger partial charge in [0.1, 0.15) is 0 Å². The van der Waals surface area contributed by atoms with Crippen molar-refractivity contribution in [3.05, 3.63) is 30.3 Å². The molecule has 6 heteroatoms. The van der Waals surface area contributed by atoms with Gasteiger partial charge in [0.25, 0.3) is 5.79 Å². The van der Waals surface area contributed by atoms with Crippen LogP contribution in [-0.2, 0) is 9.53 Å². The highest BCUT2D eigenvalue weighted by atomic mass is 32.2. The Labute approximate surface area is 131 Å². The molecule has 3 fully saturated rings. The fourth-order valence-electron chi connectivity index (χ4n) is 4.45. The topological polar surface area (TPSA) is 46.5 Å². The second-order valence-corrected chi connectivity index (χ2v) is 7.62. The van der Waals surface area contributed by atoms with Gasteiger partial charge in [0.05, 0.1) is 5.92 Å². The number of carbonyl (C=O) groups excluding carboxylic acids is 1. The Morgan fingerprint density at radius 2 is 1.91 bits per heavy atom. The first-order chi connectivity index (χ1) is 10.4. The summed E-state index contributed by atoms with van der Waals surface area (Å²) in [7, 11) is 0. The summed E-state index contributed by atoms with van der Waals surface area (Å²) < 4.78 is 34.4. The lowest BCUT2D eigenvalue weighted by molar-refractivity contribution is -0.277. The number of esters is 1. The number of hydrogen-bond acceptors (Lipinski definition) is 4. The minimum atomic E-state index is -3.58. The number of cyclic esters (lactones) is 1. The lowest BCUT2D eigenvalue weighted by Gasteiger charge is -2.37.